The molecular weight excluding hydrogens is 370 g/mol. The highest BCUT2D eigenvalue weighted by Crippen LogP contribution is 2.24. The fraction of sp³-hybridized carbons (Fsp3) is 0.524. The second kappa shape index (κ2) is 10.9. The van der Waals surface area contributed by atoms with Crippen LogP contribution in [0.2, 0.25) is 0 Å². The Morgan fingerprint density at radius 3 is 2.82 bits per heavy atom. The Kier molecular flexibility index (Phi) is 7.96. The molecule has 28 heavy (non-hydrogen) atoms. The van der Waals surface area contributed by atoms with Gasteiger partial charge in [0.15, 0.2) is 11.1 Å². The lowest BCUT2D eigenvalue weighted by Gasteiger charge is -2.22. The lowest BCUT2D eigenvalue weighted by Crippen LogP contribution is -2.41. The normalized spacial score (nSPS) is 14.4. The zero-order valence-electron chi connectivity index (χ0n) is 16.9. The number of likely N-dealkylation sites (N-methyl/N-ethyl adjacent to an activating group) is 1. The van der Waals surface area contributed by atoms with Gasteiger partial charge in [-0.05, 0) is 31.9 Å². The van der Waals surface area contributed by atoms with E-state index in [2.05, 4.69) is 27.4 Å². The largest absolute Gasteiger partial charge is 0.492 e. The van der Waals surface area contributed by atoms with E-state index >= 15 is 0 Å². The van der Waals surface area contributed by atoms with Crippen molar-refractivity contribution in [3.63, 3.8) is 0 Å². The lowest BCUT2D eigenvalue weighted by molar-refractivity contribution is 0.281. The predicted octanol–water partition coefficient (Wildman–Crippen LogP) is 3.26. The molecule has 2 heterocycles. The molecule has 2 aromatic rings. The fourth-order valence-electron chi connectivity index (χ4n) is 3.13. The number of nitrogens with one attached hydrogen (secondary N) is 1. The number of benzene rings is 1. The summed E-state index contributed by atoms with van der Waals surface area (Å²) in [5.41, 5.74) is 1.14. The maximum Gasteiger partial charge on any atom is 0.193 e. The Morgan fingerprint density at radius 1 is 1.29 bits per heavy atom. The van der Waals surface area contributed by atoms with Crippen molar-refractivity contribution >= 4 is 22.4 Å². The smallest absolute Gasteiger partial charge is 0.193 e. The van der Waals surface area contributed by atoms with Crippen LogP contribution in [0.5, 0.6) is 5.75 Å². The molecular formula is C21H31N5OS. The summed E-state index contributed by atoms with van der Waals surface area (Å²) in [4.78, 5) is 14.1. The average Bonchev–Trinajstić information content (AvgIpc) is 3.40. The van der Waals surface area contributed by atoms with Crippen LogP contribution in [0.3, 0.4) is 0 Å². The topological polar surface area (TPSA) is 53.0 Å². The van der Waals surface area contributed by atoms with Gasteiger partial charge in [-0.1, -0.05) is 18.2 Å². The number of guanidine groups is 1. The maximum atomic E-state index is 5.79. The van der Waals surface area contributed by atoms with Gasteiger partial charge in [0.1, 0.15) is 12.4 Å². The first-order chi connectivity index (χ1) is 13.8. The molecule has 152 valence electrons. The van der Waals surface area contributed by atoms with Crippen LogP contribution in [0.1, 0.15) is 25.5 Å². The van der Waals surface area contributed by atoms with Gasteiger partial charge in [0, 0.05) is 45.0 Å². The average molecular weight is 402 g/mol. The minimum Gasteiger partial charge on any atom is -0.492 e. The van der Waals surface area contributed by atoms with Gasteiger partial charge in [0.25, 0.3) is 0 Å². The van der Waals surface area contributed by atoms with E-state index < -0.39 is 0 Å². The monoisotopic (exact) mass is 401 g/mol. The van der Waals surface area contributed by atoms with Gasteiger partial charge in [0.2, 0.25) is 0 Å². The summed E-state index contributed by atoms with van der Waals surface area (Å²) in [6.45, 7) is 7.35. The van der Waals surface area contributed by atoms with Crippen LogP contribution in [0.15, 0.2) is 40.7 Å². The SMILES string of the molecule is CCNC(=NCCc1csc(N2CCCC2)n1)N(C)CCOc1ccccc1. The number of aromatic nitrogens is 1. The molecule has 0 aliphatic carbocycles. The van der Waals surface area contributed by atoms with Crippen molar-refractivity contribution in [2.75, 3.05) is 51.3 Å². The van der Waals surface area contributed by atoms with Crippen LogP contribution in [0, 0.1) is 0 Å². The van der Waals surface area contributed by atoms with Crippen LogP contribution in [-0.2, 0) is 6.42 Å². The number of hydrogen-bond donors (Lipinski definition) is 1. The summed E-state index contributed by atoms with van der Waals surface area (Å²) in [6.07, 6.45) is 3.44. The highest BCUT2D eigenvalue weighted by molar-refractivity contribution is 7.13. The molecule has 1 saturated heterocycles. The summed E-state index contributed by atoms with van der Waals surface area (Å²) in [5, 5.41) is 6.70. The van der Waals surface area contributed by atoms with E-state index in [1.54, 1.807) is 11.3 Å². The molecule has 0 unspecified atom stereocenters. The minimum absolute atomic E-state index is 0.621. The van der Waals surface area contributed by atoms with E-state index in [4.69, 9.17) is 14.7 Å². The van der Waals surface area contributed by atoms with Gasteiger partial charge in [-0.15, -0.1) is 11.3 Å². The quantitative estimate of drug-likeness (QED) is 0.516. The zero-order valence-corrected chi connectivity index (χ0v) is 17.7. The van der Waals surface area contributed by atoms with E-state index in [0.717, 1.165) is 56.5 Å². The Hall–Kier alpha value is -2.28. The first-order valence-corrected chi connectivity index (χ1v) is 11.0. The Morgan fingerprint density at radius 2 is 2.07 bits per heavy atom. The van der Waals surface area contributed by atoms with Crippen molar-refractivity contribution in [3.8, 4) is 5.75 Å². The van der Waals surface area contributed by atoms with Gasteiger partial charge >= 0.3 is 0 Å². The predicted molar refractivity (Wildman–Crippen MR) is 118 cm³/mol. The number of aliphatic imine (C=N–C) groups is 1. The molecule has 0 amide bonds. The number of thiazole rings is 1. The Bertz CT molecular complexity index is 727. The van der Waals surface area contributed by atoms with E-state index in [1.165, 1.54) is 18.0 Å². The number of anilines is 1. The molecule has 6 nitrogen and oxygen atoms in total. The molecule has 0 atom stereocenters. The molecule has 3 rings (SSSR count). The molecule has 1 aliphatic rings. The number of hydrogen-bond acceptors (Lipinski definition) is 5. The molecule has 0 bridgehead atoms. The summed E-state index contributed by atoms with van der Waals surface area (Å²) in [6, 6.07) is 9.91. The third-order valence-electron chi connectivity index (χ3n) is 4.68. The van der Waals surface area contributed by atoms with Gasteiger partial charge in [-0.2, -0.15) is 0 Å². The van der Waals surface area contributed by atoms with Gasteiger partial charge in [0.05, 0.1) is 12.2 Å². The van der Waals surface area contributed by atoms with E-state index in [0.29, 0.717) is 6.61 Å². The Labute approximate surface area is 172 Å². The molecule has 1 N–H and O–H groups in total. The number of rotatable bonds is 9. The van der Waals surface area contributed by atoms with Gasteiger partial charge < -0.3 is 19.9 Å². The fourth-order valence-corrected chi connectivity index (χ4v) is 4.05. The van der Waals surface area contributed by atoms with Crippen molar-refractivity contribution in [3.05, 3.63) is 41.4 Å². The molecule has 7 heteroatoms. The second-order valence-electron chi connectivity index (χ2n) is 6.88. The number of ether oxygens (including phenoxy) is 1. The molecule has 0 spiro atoms. The van der Waals surface area contributed by atoms with Crippen LogP contribution < -0.4 is 15.0 Å². The van der Waals surface area contributed by atoms with Crippen molar-refractivity contribution in [2.45, 2.75) is 26.2 Å². The third kappa shape index (κ3) is 6.12. The van der Waals surface area contributed by atoms with E-state index in [1.807, 2.05) is 37.4 Å². The van der Waals surface area contributed by atoms with Gasteiger partial charge in [-0.3, -0.25) is 4.99 Å². The zero-order chi connectivity index (χ0) is 19.6. The summed E-state index contributed by atoms with van der Waals surface area (Å²) < 4.78 is 5.79. The maximum absolute atomic E-state index is 5.79. The standard InChI is InChI=1S/C21H31N5OS/c1-3-22-20(25(2)15-16-27-19-9-5-4-6-10-19)23-12-11-18-17-28-21(24-18)26-13-7-8-14-26/h4-6,9-10,17H,3,7-8,11-16H2,1-2H3,(H,22,23). The van der Waals surface area contributed by atoms with Crippen LogP contribution in [-0.4, -0.2) is 62.2 Å². The van der Waals surface area contributed by atoms with Crippen LogP contribution in [0.25, 0.3) is 0 Å². The summed E-state index contributed by atoms with van der Waals surface area (Å²) in [7, 11) is 2.05. The number of nitrogens with zero attached hydrogens (tertiary/aromatic N) is 4. The molecule has 0 radical (unpaired) electrons. The molecule has 1 fully saturated rings. The minimum atomic E-state index is 0.621. The van der Waals surface area contributed by atoms with Crippen LogP contribution >= 0.6 is 11.3 Å². The highest BCUT2D eigenvalue weighted by atomic mass is 32.1. The first-order valence-electron chi connectivity index (χ1n) is 10.1. The molecule has 0 saturated carbocycles. The van der Waals surface area contributed by atoms with Gasteiger partial charge in [-0.25, -0.2) is 4.98 Å². The van der Waals surface area contributed by atoms with Crippen molar-refractivity contribution in [1.82, 2.24) is 15.2 Å². The third-order valence-corrected chi connectivity index (χ3v) is 5.63. The second-order valence-corrected chi connectivity index (χ2v) is 7.72. The van der Waals surface area contributed by atoms with Crippen molar-refractivity contribution in [1.29, 1.82) is 0 Å². The lowest BCUT2D eigenvalue weighted by atomic mass is 10.3. The van der Waals surface area contributed by atoms with E-state index in [-0.39, 0.29) is 0 Å². The molecule has 1 aromatic heterocycles. The van der Waals surface area contributed by atoms with E-state index in [9.17, 15) is 0 Å². The first kappa shape index (κ1) is 20.5. The Balaban J connectivity index is 1.46. The van der Waals surface area contributed by atoms with Crippen molar-refractivity contribution in [2.24, 2.45) is 4.99 Å². The number of para-hydroxylation sites is 1. The van der Waals surface area contributed by atoms with Crippen LogP contribution in [0.4, 0.5) is 5.13 Å². The molecule has 1 aromatic carbocycles. The summed E-state index contributed by atoms with van der Waals surface area (Å²) in [5.74, 6) is 1.81. The highest BCUT2D eigenvalue weighted by Gasteiger charge is 2.15. The molecule has 1 aliphatic heterocycles. The van der Waals surface area contributed by atoms with Crippen molar-refractivity contribution < 1.29 is 4.74 Å². The summed E-state index contributed by atoms with van der Waals surface area (Å²) >= 11 is 1.75.